The lowest BCUT2D eigenvalue weighted by atomic mass is 10.1. The summed E-state index contributed by atoms with van der Waals surface area (Å²) in [6.45, 7) is 0.836. The van der Waals surface area contributed by atoms with Gasteiger partial charge in [-0.15, -0.1) is 0 Å². The molecule has 1 N–H and O–H groups in total. The van der Waals surface area contributed by atoms with Crippen LogP contribution in [0.3, 0.4) is 0 Å². The zero-order valence-corrected chi connectivity index (χ0v) is 10.9. The van der Waals surface area contributed by atoms with Gasteiger partial charge in [-0.2, -0.15) is 5.10 Å². The minimum Gasteiger partial charge on any atom is -0.385 e. The standard InChI is InChI=1S/C15H16N4/c1-19-11-17-15(18-19)8-9-16-14-7-6-12-4-2-3-5-13(12)10-14/h2-7,10-11,16H,8-9H2,1H3. The lowest BCUT2D eigenvalue weighted by Gasteiger charge is -2.06. The molecule has 0 aliphatic heterocycles. The van der Waals surface area contributed by atoms with Gasteiger partial charge in [0.05, 0.1) is 0 Å². The van der Waals surface area contributed by atoms with Crippen molar-refractivity contribution in [1.82, 2.24) is 14.8 Å². The first-order valence-electron chi connectivity index (χ1n) is 6.38. The number of rotatable bonds is 4. The molecular weight excluding hydrogens is 236 g/mol. The fourth-order valence-electron chi connectivity index (χ4n) is 2.12. The first-order valence-corrected chi connectivity index (χ1v) is 6.38. The molecule has 0 radical (unpaired) electrons. The molecule has 4 nitrogen and oxygen atoms in total. The number of hydrogen-bond acceptors (Lipinski definition) is 3. The highest BCUT2D eigenvalue weighted by molar-refractivity contribution is 5.85. The molecule has 0 saturated carbocycles. The Hall–Kier alpha value is -2.36. The number of aryl methyl sites for hydroxylation is 1. The Labute approximate surface area is 112 Å². The number of benzene rings is 2. The van der Waals surface area contributed by atoms with Crippen LogP contribution in [0.5, 0.6) is 0 Å². The predicted molar refractivity (Wildman–Crippen MR) is 77.1 cm³/mol. The molecule has 1 heterocycles. The number of fused-ring (bicyclic) bond motifs is 1. The average Bonchev–Trinajstić information content (AvgIpc) is 2.84. The summed E-state index contributed by atoms with van der Waals surface area (Å²) < 4.78 is 1.73. The lowest BCUT2D eigenvalue weighted by Crippen LogP contribution is -2.06. The van der Waals surface area contributed by atoms with Crippen molar-refractivity contribution in [3.8, 4) is 0 Å². The smallest absolute Gasteiger partial charge is 0.152 e. The zero-order chi connectivity index (χ0) is 13.1. The first-order chi connectivity index (χ1) is 9.31. The van der Waals surface area contributed by atoms with Gasteiger partial charge >= 0.3 is 0 Å². The fraction of sp³-hybridized carbons (Fsp3) is 0.200. The third-order valence-corrected chi connectivity index (χ3v) is 3.07. The second-order valence-electron chi connectivity index (χ2n) is 4.57. The summed E-state index contributed by atoms with van der Waals surface area (Å²) >= 11 is 0. The molecule has 1 aromatic heterocycles. The van der Waals surface area contributed by atoms with E-state index in [2.05, 4.69) is 57.9 Å². The van der Waals surface area contributed by atoms with E-state index in [4.69, 9.17) is 0 Å². The summed E-state index contributed by atoms with van der Waals surface area (Å²) in [5.74, 6) is 0.871. The highest BCUT2D eigenvalue weighted by Gasteiger charge is 1.99. The SMILES string of the molecule is Cn1cnc(CCNc2ccc3ccccc3c2)n1. The van der Waals surface area contributed by atoms with Gasteiger partial charge in [0.2, 0.25) is 0 Å². The van der Waals surface area contributed by atoms with Gasteiger partial charge in [0.15, 0.2) is 5.82 Å². The fourth-order valence-corrected chi connectivity index (χ4v) is 2.12. The second kappa shape index (κ2) is 5.10. The van der Waals surface area contributed by atoms with Crippen molar-refractivity contribution >= 4 is 16.5 Å². The summed E-state index contributed by atoms with van der Waals surface area (Å²) in [4.78, 5) is 4.21. The second-order valence-corrected chi connectivity index (χ2v) is 4.57. The van der Waals surface area contributed by atoms with E-state index in [1.54, 1.807) is 11.0 Å². The molecule has 0 aliphatic rings. The topological polar surface area (TPSA) is 42.7 Å². The van der Waals surface area contributed by atoms with Gasteiger partial charge in [-0.3, -0.25) is 4.68 Å². The van der Waals surface area contributed by atoms with E-state index in [9.17, 15) is 0 Å². The Morgan fingerprint density at radius 2 is 1.95 bits per heavy atom. The Morgan fingerprint density at radius 1 is 1.11 bits per heavy atom. The molecule has 0 bridgehead atoms. The number of nitrogens with one attached hydrogen (secondary N) is 1. The molecule has 0 amide bonds. The van der Waals surface area contributed by atoms with Crippen LogP contribution >= 0.6 is 0 Å². The van der Waals surface area contributed by atoms with Crippen LogP contribution in [0.4, 0.5) is 5.69 Å². The molecule has 3 rings (SSSR count). The number of anilines is 1. The van der Waals surface area contributed by atoms with Crippen molar-refractivity contribution in [3.63, 3.8) is 0 Å². The predicted octanol–water partition coefficient (Wildman–Crippen LogP) is 2.62. The molecule has 0 aliphatic carbocycles. The summed E-state index contributed by atoms with van der Waals surface area (Å²) in [5.41, 5.74) is 1.13. The molecule has 0 unspecified atom stereocenters. The third-order valence-electron chi connectivity index (χ3n) is 3.07. The van der Waals surface area contributed by atoms with Crippen molar-refractivity contribution in [2.45, 2.75) is 6.42 Å². The van der Waals surface area contributed by atoms with Crippen LogP contribution in [0.15, 0.2) is 48.8 Å². The minimum absolute atomic E-state index is 0.827. The minimum atomic E-state index is 0.827. The van der Waals surface area contributed by atoms with Crippen LogP contribution in [-0.2, 0) is 13.5 Å². The van der Waals surface area contributed by atoms with E-state index in [-0.39, 0.29) is 0 Å². The quantitative estimate of drug-likeness (QED) is 0.776. The van der Waals surface area contributed by atoms with Crippen molar-refractivity contribution < 1.29 is 0 Å². The van der Waals surface area contributed by atoms with Crippen LogP contribution in [-0.4, -0.2) is 21.3 Å². The normalized spacial score (nSPS) is 10.8. The van der Waals surface area contributed by atoms with Crippen molar-refractivity contribution in [3.05, 3.63) is 54.6 Å². The van der Waals surface area contributed by atoms with Crippen LogP contribution < -0.4 is 5.32 Å². The van der Waals surface area contributed by atoms with Gasteiger partial charge < -0.3 is 5.32 Å². The summed E-state index contributed by atoms with van der Waals surface area (Å²) in [7, 11) is 1.88. The maximum absolute atomic E-state index is 4.26. The lowest BCUT2D eigenvalue weighted by molar-refractivity contribution is 0.742. The molecule has 2 aromatic carbocycles. The van der Waals surface area contributed by atoms with Crippen molar-refractivity contribution in [2.75, 3.05) is 11.9 Å². The number of nitrogens with zero attached hydrogens (tertiary/aromatic N) is 3. The Morgan fingerprint density at radius 3 is 2.74 bits per heavy atom. The van der Waals surface area contributed by atoms with E-state index < -0.39 is 0 Å². The molecule has 0 saturated heterocycles. The number of aromatic nitrogens is 3. The third kappa shape index (κ3) is 2.73. The summed E-state index contributed by atoms with van der Waals surface area (Å²) in [5, 5.41) is 10.2. The monoisotopic (exact) mass is 252 g/mol. The molecule has 4 heteroatoms. The van der Waals surface area contributed by atoms with E-state index >= 15 is 0 Å². The molecular formula is C15H16N4. The highest BCUT2D eigenvalue weighted by Crippen LogP contribution is 2.18. The average molecular weight is 252 g/mol. The molecule has 3 aromatic rings. The Kier molecular flexibility index (Phi) is 3.14. The van der Waals surface area contributed by atoms with Gasteiger partial charge in [-0.25, -0.2) is 4.98 Å². The van der Waals surface area contributed by atoms with E-state index in [0.29, 0.717) is 0 Å². The van der Waals surface area contributed by atoms with Crippen molar-refractivity contribution in [2.24, 2.45) is 7.05 Å². The van der Waals surface area contributed by atoms with Gasteiger partial charge in [0.25, 0.3) is 0 Å². The first kappa shape index (κ1) is 11.7. The van der Waals surface area contributed by atoms with Crippen molar-refractivity contribution in [1.29, 1.82) is 0 Å². The molecule has 0 atom stereocenters. The largest absolute Gasteiger partial charge is 0.385 e. The zero-order valence-electron chi connectivity index (χ0n) is 10.9. The number of hydrogen-bond donors (Lipinski definition) is 1. The van der Waals surface area contributed by atoms with Gasteiger partial charge in [0, 0.05) is 25.7 Å². The summed E-state index contributed by atoms with van der Waals surface area (Å²) in [6.07, 6.45) is 2.55. The van der Waals surface area contributed by atoms with Gasteiger partial charge in [0.1, 0.15) is 6.33 Å². The Bertz CT molecular complexity index is 687. The van der Waals surface area contributed by atoms with E-state index in [1.165, 1.54) is 10.8 Å². The molecule has 0 fully saturated rings. The van der Waals surface area contributed by atoms with Crippen LogP contribution in [0, 0.1) is 0 Å². The van der Waals surface area contributed by atoms with Crippen LogP contribution in [0.2, 0.25) is 0 Å². The van der Waals surface area contributed by atoms with Gasteiger partial charge in [-0.05, 0) is 22.9 Å². The maximum atomic E-state index is 4.26. The van der Waals surface area contributed by atoms with Crippen LogP contribution in [0.25, 0.3) is 10.8 Å². The van der Waals surface area contributed by atoms with Crippen LogP contribution in [0.1, 0.15) is 5.82 Å². The van der Waals surface area contributed by atoms with E-state index in [1.807, 2.05) is 7.05 Å². The summed E-state index contributed by atoms with van der Waals surface area (Å²) in [6, 6.07) is 14.8. The Balaban J connectivity index is 1.65. The molecule has 96 valence electrons. The maximum Gasteiger partial charge on any atom is 0.152 e. The van der Waals surface area contributed by atoms with Gasteiger partial charge in [-0.1, -0.05) is 30.3 Å². The van der Waals surface area contributed by atoms with E-state index in [0.717, 1.165) is 24.5 Å². The molecule has 19 heavy (non-hydrogen) atoms. The molecule has 0 spiro atoms. The highest BCUT2D eigenvalue weighted by atomic mass is 15.3.